The molecule has 2 N–H and O–H groups in total. The predicted octanol–water partition coefficient (Wildman–Crippen LogP) is 5.23. The zero-order valence-electron chi connectivity index (χ0n) is 17.3. The molecule has 0 aliphatic carbocycles. The molecule has 174 valence electrons. The fraction of sp³-hybridized carbons (Fsp3) is 0.182. The number of hydrogen-bond donors (Lipinski definition) is 2. The normalized spacial score (nSPS) is 11.1. The van der Waals surface area contributed by atoms with Gasteiger partial charge in [-0.05, 0) is 42.5 Å². The molecular weight excluding hydrogens is 446 g/mol. The number of nitrogens with zero attached hydrogens (tertiary/aromatic N) is 1. The van der Waals surface area contributed by atoms with E-state index >= 15 is 0 Å². The molecule has 0 radical (unpaired) electrons. The van der Waals surface area contributed by atoms with Crippen molar-refractivity contribution < 1.29 is 36.3 Å². The average Bonchev–Trinajstić information content (AvgIpc) is 3.30. The Labute approximate surface area is 185 Å². The second-order valence-electron chi connectivity index (χ2n) is 6.82. The van der Waals surface area contributed by atoms with Crippen LogP contribution < -0.4 is 15.4 Å². The highest BCUT2D eigenvalue weighted by atomic mass is 19.4. The van der Waals surface area contributed by atoms with E-state index in [9.17, 15) is 27.2 Å². The molecule has 1 aromatic heterocycles. The van der Waals surface area contributed by atoms with Crippen molar-refractivity contribution in [3.05, 3.63) is 78.0 Å². The number of hydrogen-bond acceptors (Lipinski definition) is 4. The summed E-state index contributed by atoms with van der Waals surface area (Å²) in [5.41, 5.74) is -1.78. The van der Waals surface area contributed by atoms with Crippen molar-refractivity contribution in [2.45, 2.75) is 6.18 Å². The van der Waals surface area contributed by atoms with Gasteiger partial charge in [-0.15, -0.1) is 0 Å². The van der Waals surface area contributed by atoms with E-state index in [0.29, 0.717) is 6.07 Å². The van der Waals surface area contributed by atoms with Crippen LogP contribution in [-0.2, 0) is 6.18 Å². The van der Waals surface area contributed by atoms with Crippen LogP contribution in [0.2, 0.25) is 0 Å². The molecule has 33 heavy (non-hydrogen) atoms. The van der Waals surface area contributed by atoms with E-state index in [4.69, 9.17) is 9.15 Å². The lowest BCUT2D eigenvalue weighted by atomic mass is 10.1. The second kappa shape index (κ2) is 10.1. The number of para-hydroxylation sites is 1. The monoisotopic (exact) mass is 465 g/mol. The van der Waals surface area contributed by atoms with Gasteiger partial charge in [0, 0.05) is 12.7 Å². The van der Waals surface area contributed by atoms with Crippen LogP contribution >= 0.6 is 0 Å². The number of ether oxygens (including phenoxy) is 1. The number of furan rings is 1. The molecule has 3 amide bonds. The van der Waals surface area contributed by atoms with Gasteiger partial charge >= 0.3 is 12.2 Å². The largest absolute Gasteiger partial charge is 0.489 e. The molecule has 0 atom stereocenters. The smallest absolute Gasteiger partial charge is 0.418 e. The van der Waals surface area contributed by atoms with E-state index in [1.54, 1.807) is 6.07 Å². The fourth-order valence-electron chi connectivity index (χ4n) is 2.73. The number of anilines is 2. The summed E-state index contributed by atoms with van der Waals surface area (Å²) < 4.78 is 64.4. The molecule has 2 aromatic carbocycles. The standard InChI is InChI=1S/C22H19F4N3O4/c1-29(10-12-33-18-6-3-2-5-16(18)23)21(31)28-17-9-8-14(13-15(17)22(24,25)26)27-20(30)19-7-4-11-32-19/h2-9,11,13H,10,12H2,1H3,(H,27,30)(H,28,31). The van der Waals surface area contributed by atoms with Crippen LogP contribution in [0, 0.1) is 5.82 Å². The Morgan fingerprint density at radius 1 is 1.06 bits per heavy atom. The fourth-order valence-corrected chi connectivity index (χ4v) is 2.73. The molecule has 0 aliphatic heterocycles. The zero-order valence-corrected chi connectivity index (χ0v) is 17.3. The minimum absolute atomic E-state index is 0.00199. The molecule has 3 rings (SSSR count). The van der Waals surface area contributed by atoms with Gasteiger partial charge in [-0.25, -0.2) is 9.18 Å². The third-order valence-corrected chi connectivity index (χ3v) is 4.44. The summed E-state index contributed by atoms with van der Waals surface area (Å²) in [4.78, 5) is 25.5. The number of likely N-dealkylation sites (N-methyl/N-ethyl adjacent to an activating group) is 1. The van der Waals surface area contributed by atoms with E-state index in [2.05, 4.69) is 10.6 Å². The van der Waals surface area contributed by atoms with Gasteiger partial charge in [0.15, 0.2) is 17.3 Å². The van der Waals surface area contributed by atoms with Gasteiger partial charge in [0.1, 0.15) is 6.61 Å². The second-order valence-corrected chi connectivity index (χ2v) is 6.82. The van der Waals surface area contributed by atoms with Crippen molar-refractivity contribution in [2.75, 3.05) is 30.8 Å². The molecule has 0 fully saturated rings. The number of carbonyl (C=O) groups excluding carboxylic acids is 2. The molecule has 3 aromatic rings. The topological polar surface area (TPSA) is 83.8 Å². The summed E-state index contributed by atoms with van der Waals surface area (Å²) in [6.07, 6.45) is -3.55. The van der Waals surface area contributed by atoms with Crippen molar-refractivity contribution in [1.82, 2.24) is 4.90 Å². The van der Waals surface area contributed by atoms with E-state index in [1.807, 2.05) is 0 Å². The predicted molar refractivity (Wildman–Crippen MR) is 112 cm³/mol. The van der Waals surface area contributed by atoms with Crippen LogP contribution in [0.4, 0.5) is 33.7 Å². The Kier molecular flexibility index (Phi) is 7.21. The number of amides is 3. The maximum Gasteiger partial charge on any atom is 0.418 e. The molecule has 11 heteroatoms. The number of benzene rings is 2. The highest BCUT2D eigenvalue weighted by Crippen LogP contribution is 2.36. The molecule has 1 heterocycles. The molecule has 0 bridgehead atoms. The highest BCUT2D eigenvalue weighted by Gasteiger charge is 2.34. The average molecular weight is 465 g/mol. The van der Waals surface area contributed by atoms with Gasteiger partial charge in [-0.1, -0.05) is 12.1 Å². The SMILES string of the molecule is CN(CCOc1ccccc1F)C(=O)Nc1ccc(NC(=O)c2ccco2)cc1C(F)(F)F. The van der Waals surface area contributed by atoms with E-state index in [-0.39, 0.29) is 30.3 Å². The molecule has 0 unspecified atom stereocenters. The first-order valence-corrected chi connectivity index (χ1v) is 9.60. The maximum absolute atomic E-state index is 13.6. The Balaban J connectivity index is 1.65. The van der Waals surface area contributed by atoms with Gasteiger partial charge in [0.05, 0.1) is 24.1 Å². The molecule has 0 saturated carbocycles. The van der Waals surface area contributed by atoms with Crippen LogP contribution in [0.25, 0.3) is 0 Å². The molecule has 7 nitrogen and oxygen atoms in total. The van der Waals surface area contributed by atoms with Gasteiger partial charge in [0.2, 0.25) is 0 Å². The van der Waals surface area contributed by atoms with Crippen molar-refractivity contribution in [3.63, 3.8) is 0 Å². The quantitative estimate of drug-likeness (QED) is 0.468. The summed E-state index contributed by atoms with van der Waals surface area (Å²) in [5.74, 6) is -1.36. The third kappa shape index (κ3) is 6.25. The third-order valence-electron chi connectivity index (χ3n) is 4.44. The lowest BCUT2D eigenvalue weighted by molar-refractivity contribution is -0.136. The van der Waals surface area contributed by atoms with Crippen LogP contribution in [-0.4, -0.2) is 37.0 Å². The maximum atomic E-state index is 13.6. The van der Waals surface area contributed by atoms with Crippen LogP contribution in [0.15, 0.2) is 65.3 Å². The lowest BCUT2D eigenvalue weighted by Gasteiger charge is -2.21. The first-order chi connectivity index (χ1) is 15.6. The summed E-state index contributed by atoms with van der Waals surface area (Å²) >= 11 is 0. The Bertz CT molecular complexity index is 1120. The Morgan fingerprint density at radius 2 is 1.82 bits per heavy atom. The minimum atomic E-state index is -4.81. The summed E-state index contributed by atoms with van der Waals surface area (Å²) in [6, 6.07) is 10.6. The minimum Gasteiger partial charge on any atom is -0.489 e. The molecular formula is C22H19F4N3O4. The summed E-state index contributed by atoms with van der Waals surface area (Å²) in [5, 5.41) is 4.50. The van der Waals surface area contributed by atoms with E-state index in [1.165, 1.54) is 49.7 Å². The first kappa shape index (κ1) is 23.6. The number of rotatable bonds is 7. The van der Waals surface area contributed by atoms with Gasteiger partial charge in [-0.3, -0.25) is 4.79 Å². The first-order valence-electron chi connectivity index (χ1n) is 9.60. The van der Waals surface area contributed by atoms with E-state index in [0.717, 1.165) is 11.0 Å². The summed E-state index contributed by atoms with van der Waals surface area (Å²) in [7, 11) is 1.35. The number of urea groups is 1. The van der Waals surface area contributed by atoms with Gasteiger partial charge in [-0.2, -0.15) is 13.2 Å². The number of halogens is 4. The Morgan fingerprint density at radius 3 is 2.48 bits per heavy atom. The summed E-state index contributed by atoms with van der Waals surface area (Å²) in [6.45, 7) is -0.0897. The van der Waals surface area contributed by atoms with Crippen LogP contribution in [0.1, 0.15) is 16.1 Å². The number of carbonyl (C=O) groups is 2. The lowest BCUT2D eigenvalue weighted by Crippen LogP contribution is -2.35. The molecule has 0 aliphatic rings. The molecule has 0 saturated heterocycles. The van der Waals surface area contributed by atoms with Crippen molar-refractivity contribution in [1.29, 1.82) is 0 Å². The van der Waals surface area contributed by atoms with Crippen LogP contribution in [0.3, 0.4) is 0 Å². The van der Waals surface area contributed by atoms with Gasteiger partial charge < -0.3 is 24.7 Å². The highest BCUT2D eigenvalue weighted by molar-refractivity contribution is 6.02. The zero-order chi connectivity index (χ0) is 24.0. The Hall–Kier alpha value is -4.02. The number of alkyl halides is 3. The van der Waals surface area contributed by atoms with Gasteiger partial charge in [0.25, 0.3) is 5.91 Å². The van der Waals surface area contributed by atoms with Crippen molar-refractivity contribution in [3.8, 4) is 5.75 Å². The van der Waals surface area contributed by atoms with Crippen molar-refractivity contribution in [2.24, 2.45) is 0 Å². The van der Waals surface area contributed by atoms with Crippen LogP contribution in [0.5, 0.6) is 5.75 Å². The number of nitrogens with one attached hydrogen (secondary N) is 2. The van der Waals surface area contributed by atoms with E-state index < -0.39 is 35.2 Å². The van der Waals surface area contributed by atoms with Crippen molar-refractivity contribution >= 4 is 23.3 Å². The molecule has 0 spiro atoms.